The molecule has 1 aliphatic rings. The molecule has 0 aromatic heterocycles. The van der Waals surface area contributed by atoms with Crippen molar-refractivity contribution in [3.8, 4) is 0 Å². The third kappa shape index (κ3) is 5.17. The van der Waals surface area contributed by atoms with Gasteiger partial charge in [-0.1, -0.05) is 72.8 Å². The lowest BCUT2D eigenvalue weighted by atomic mass is 9.90. The Morgan fingerprint density at radius 3 is 1.61 bits per heavy atom. The molecule has 1 fully saturated rings. The van der Waals surface area contributed by atoms with Crippen molar-refractivity contribution in [2.24, 2.45) is 0 Å². The Hall–Kier alpha value is -2.17. The standard InChI is InChI=1S/C27H33BNO3P/c1-26(2)27(3,4)32-28(31-26)30-25(21-17-19-22(20-18-21)29(5)6)33(23-13-9-7-10-14-23)24-15-11-8-12-16-24/h7-20,25H,1-6H3. The summed E-state index contributed by atoms with van der Waals surface area (Å²) in [5, 5.41) is 2.49. The molecule has 1 aliphatic heterocycles. The van der Waals surface area contributed by atoms with Crippen molar-refractivity contribution in [2.75, 3.05) is 19.0 Å². The van der Waals surface area contributed by atoms with Gasteiger partial charge < -0.3 is 18.9 Å². The van der Waals surface area contributed by atoms with Gasteiger partial charge in [0, 0.05) is 19.8 Å². The summed E-state index contributed by atoms with van der Waals surface area (Å²) in [5.41, 5.74) is 1.34. The van der Waals surface area contributed by atoms with Crippen LogP contribution in [0.15, 0.2) is 84.9 Å². The van der Waals surface area contributed by atoms with Gasteiger partial charge in [0.25, 0.3) is 0 Å². The predicted molar refractivity (Wildman–Crippen MR) is 140 cm³/mol. The zero-order valence-corrected chi connectivity index (χ0v) is 21.3. The van der Waals surface area contributed by atoms with Gasteiger partial charge in [-0.2, -0.15) is 0 Å². The highest BCUT2D eigenvalue weighted by Crippen LogP contribution is 2.52. The van der Waals surface area contributed by atoms with Gasteiger partial charge >= 0.3 is 7.32 Å². The molecular weight excluding hydrogens is 428 g/mol. The van der Waals surface area contributed by atoms with Crippen molar-refractivity contribution in [3.63, 3.8) is 0 Å². The Kier molecular flexibility index (Phi) is 6.97. The van der Waals surface area contributed by atoms with Crippen LogP contribution in [0.25, 0.3) is 0 Å². The molecule has 0 spiro atoms. The summed E-state index contributed by atoms with van der Waals surface area (Å²) in [7, 11) is 2.47. The maximum absolute atomic E-state index is 6.71. The molecule has 0 radical (unpaired) electrons. The number of hydrogen-bond acceptors (Lipinski definition) is 4. The SMILES string of the molecule is CN(C)c1ccc(C(OB2OC(C)(C)C(C)(C)O2)P(c2ccccc2)c2ccccc2)cc1. The topological polar surface area (TPSA) is 30.9 Å². The monoisotopic (exact) mass is 461 g/mol. The highest BCUT2D eigenvalue weighted by molar-refractivity contribution is 7.73. The second-order valence-corrected chi connectivity index (χ2v) is 11.8. The highest BCUT2D eigenvalue weighted by atomic mass is 31.1. The van der Waals surface area contributed by atoms with Crippen molar-refractivity contribution >= 4 is 31.5 Å². The molecule has 3 aromatic carbocycles. The first-order valence-corrected chi connectivity index (χ1v) is 12.8. The number of nitrogens with zero attached hydrogens (tertiary/aromatic N) is 1. The quantitative estimate of drug-likeness (QED) is 0.344. The van der Waals surface area contributed by atoms with E-state index in [0.717, 1.165) is 11.3 Å². The number of rotatable bonds is 7. The van der Waals surface area contributed by atoms with Crippen molar-refractivity contribution in [3.05, 3.63) is 90.5 Å². The number of anilines is 1. The molecule has 0 amide bonds. The average molecular weight is 461 g/mol. The van der Waals surface area contributed by atoms with E-state index < -0.39 is 26.4 Å². The lowest BCUT2D eigenvalue weighted by Gasteiger charge is -2.31. The molecule has 0 N–H and O–H groups in total. The fraction of sp³-hybridized carbons (Fsp3) is 0.333. The summed E-state index contributed by atoms with van der Waals surface area (Å²) < 4.78 is 19.2. The van der Waals surface area contributed by atoms with Crippen LogP contribution >= 0.6 is 7.92 Å². The molecule has 4 rings (SSSR count). The first-order valence-electron chi connectivity index (χ1n) is 11.4. The largest absolute Gasteiger partial charge is 0.641 e. The van der Waals surface area contributed by atoms with E-state index in [0.29, 0.717) is 0 Å². The minimum absolute atomic E-state index is 0.240. The number of benzene rings is 3. The third-order valence-corrected chi connectivity index (χ3v) is 9.07. The van der Waals surface area contributed by atoms with Gasteiger partial charge in [-0.05, 0) is 63.9 Å². The van der Waals surface area contributed by atoms with Crippen LogP contribution in [0.3, 0.4) is 0 Å². The zero-order chi connectivity index (χ0) is 23.6. The minimum atomic E-state index is -0.889. The highest BCUT2D eigenvalue weighted by Gasteiger charge is 2.54. The Morgan fingerprint density at radius 1 is 0.727 bits per heavy atom. The first kappa shape index (κ1) is 24.0. The van der Waals surface area contributed by atoms with Crippen LogP contribution in [0.2, 0.25) is 0 Å². The summed E-state index contributed by atoms with van der Waals surface area (Å²) in [6, 6.07) is 29.8. The van der Waals surface area contributed by atoms with E-state index in [4.69, 9.17) is 14.0 Å². The lowest BCUT2D eigenvalue weighted by Crippen LogP contribution is -2.41. The molecule has 1 heterocycles. The van der Waals surface area contributed by atoms with E-state index in [1.165, 1.54) is 10.6 Å². The predicted octanol–water partition coefficient (Wildman–Crippen LogP) is 5.49. The Morgan fingerprint density at radius 2 is 1.18 bits per heavy atom. The van der Waals surface area contributed by atoms with Crippen molar-refractivity contribution in [1.82, 2.24) is 0 Å². The summed E-state index contributed by atoms with van der Waals surface area (Å²) in [6.07, 6.45) is 0. The Labute approximate surface area is 199 Å². The molecule has 1 unspecified atom stereocenters. The fourth-order valence-corrected chi connectivity index (χ4v) is 6.29. The summed E-state index contributed by atoms with van der Waals surface area (Å²) in [4.78, 5) is 2.10. The second-order valence-electron chi connectivity index (χ2n) is 9.56. The zero-order valence-electron chi connectivity index (χ0n) is 20.4. The average Bonchev–Trinajstić information content (AvgIpc) is 3.00. The second kappa shape index (κ2) is 9.60. The molecule has 1 atom stereocenters. The molecule has 3 aromatic rings. The van der Waals surface area contributed by atoms with Gasteiger partial charge in [0.2, 0.25) is 0 Å². The smallest absolute Gasteiger partial charge is 0.378 e. The van der Waals surface area contributed by atoms with Gasteiger partial charge in [-0.3, -0.25) is 0 Å². The first-order chi connectivity index (χ1) is 15.7. The van der Waals surface area contributed by atoms with E-state index in [-0.39, 0.29) is 5.85 Å². The van der Waals surface area contributed by atoms with Crippen LogP contribution in [-0.2, 0) is 14.0 Å². The number of hydrogen-bond donors (Lipinski definition) is 0. The van der Waals surface area contributed by atoms with Gasteiger partial charge in [-0.25, -0.2) is 0 Å². The maximum atomic E-state index is 6.71. The third-order valence-electron chi connectivity index (χ3n) is 6.47. The molecule has 0 saturated carbocycles. The van der Waals surface area contributed by atoms with Crippen LogP contribution in [0.4, 0.5) is 5.69 Å². The molecule has 4 nitrogen and oxygen atoms in total. The summed E-state index contributed by atoms with van der Waals surface area (Å²) in [5.74, 6) is -0.240. The van der Waals surface area contributed by atoms with E-state index >= 15 is 0 Å². The van der Waals surface area contributed by atoms with Crippen LogP contribution in [0, 0.1) is 0 Å². The summed E-state index contributed by atoms with van der Waals surface area (Å²) >= 11 is 0. The Balaban J connectivity index is 1.78. The van der Waals surface area contributed by atoms with Crippen molar-refractivity contribution in [2.45, 2.75) is 44.7 Å². The van der Waals surface area contributed by atoms with E-state index in [1.807, 2.05) is 14.1 Å². The minimum Gasteiger partial charge on any atom is -0.378 e. The van der Waals surface area contributed by atoms with E-state index in [1.54, 1.807) is 0 Å². The lowest BCUT2D eigenvalue weighted by molar-refractivity contribution is 0.00578. The molecule has 172 valence electrons. The molecule has 0 aliphatic carbocycles. The molecule has 0 bridgehead atoms. The van der Waals surface area contributed by atoms with Gasteiger partial charge in [0.15, 0.2) is 0 Å². The van der Waals surface area contributed by atoms with Gasteiger partial charge in [0.05, 0.1) is 17.0 Å². The van der Waals surface area contributed by atoms with E-state index in [2.05, 4.69) is 118 Å². The van der Waals surface area contributed by atoms with Gasteiger partial charge in [0.1, 0.15) is 0 Å². The molecule has 33 heavy (non-hydrogen) atoms. The molecule has 6 heteroatoms. The van der Waals surface area contributed by atoms with E-state index in [9.17, 15) is 0 Å². The van der Waals surface area contributed by atoms with Crippen LogP contribution < -0.4 is 15.5 Å². The summed E-state index contributed by atoms with van der Waals surface area (Å²) in [6.45, 7) is 8.20. The van der Waals surface area contributed by atoms with Crippen LogP contribution in [-0.4, -0.2) is 32.6 Å². The van der Waals surface area contributed by atoms with Crippen LogP contribution in [0.5, 0.6) is 0 Å². The molecular formula is C27H33BNO3P. The van der Waals surface area contributed by atoms with Crippen molar-refractivity contribution < 1.29 is 14.0 Å². The normalized spacial score (nSPS) is 17.8. The fourth-order valence-electron chi connectivity index (χ4n) is 3.77. The van der Waals surface area contributed by atoms with Crippen molar-refractivity contribution in [1.29, 1.82) is 0 Å². The van der Waals surface area contributed by atoms with Crippen LogP contribution in [0.1, 0.15) is 39.1 Å². The molecule has 1 saturated heterocycles. The maximum Gasteiger partial charge on any atom is 0.641 e. The Bertz CT molecular complexity index is 986. The van der Waals surface area contributed by atoms with Gasteiger partial charge in [-0.15, -0.1) is 0 Å².